The van der Waals surface area contributed by atoms with E-state index in [4.69, 9.17) is 16.9 Å². The second kappa shape index (κ2) is 6.53. The van der Waals surface area contributed by atoms with Gasteiger partial charge in [-0.2, -0.15) is 5.26 Å². The predicted molar refractivity (Wildman–Crippen MR) is 70.3 cm³/mol. The minimum Gasteiger partial charge on any atom is -0.406 e. The normalized spacial score (nSPS) is 10.7. The number of anilines is 1. The third kappa shape index (κ3) is 5.02. The van der Waals surface area contributed by atoms with Crippen molar-refractivity contribution in [1.82, 2.24) is 0 Å². The maximum Gasteiger partial charge on any atom is 0.573 e. The molecule has 0 atom stereocenters. The summed E-state index contributed by atoms with van der Waals surface area (Å²) in [4.78, 5) is 1.18. The van der Waals surface area contributed by atoms with E-state index in [0.29, 0.717) is 5.03 Å². The molecule has 0 aliphatic carbocycles. The molecule has 0 amide bonds. The molecular weight excluding hydrogens is 293 g/mol. The van der Waals surface area contributed by atoms with Gasteiger partial charge >= 0.3 is 6.36 Å². The number of allylic oxidation sites excluding steroid dienone is 1. The van der Waals surface area contributed by atoms with Gasteiger partial charge in [0.05, 0.1) is 12.2 Å². The lowest BCUT2D eigenvalue weighted by Gasteiger charge is -2.17. The van der Waals surface area contributed by atoms with Gasteiger partial charge in [-0.25, -0.2) is 0 Å². The number of alkyl halides is 3. The van der Waals surface area contributed by atoms with Crippen LogP contribution in [0.4, 0.5) is 18.9 Å². The van der Waals surface area contributed by atoms with Gasteiger partial charge in [0, 0.05) is 11.1 Å². The molecule has 0 aromatic heterocycles. The number of hydrogen-bond acceptors (Lipinski definition) is 3. The van der Waals surface area contributed by atoms with E-state index in [9.17, 15) is 13.2 Å². The molecule has 0 spiro atoms. The molecule has 1 rings (SSSR count). The number of rotatable bonds is 4. The summed E-state index contributed by atoms with van der Waals surface area (Å²) in [7, 11) is 0. The van der Waals surface area contributed by atoms with E-state index < -0.39 is 6.36 Å². The van der Waals surface area contributed by atoms with Gasteiger partial charge in [0.15, 0.2) is 6.19 Å². The molecule has 0 saturated carbocycles. The summed E-state index contributed by atoms with van der Waals surface area (Å²) in [6.07, 6.45) is -2.90. The highest BCUT2D eigenvalue weighted by Gasteiger charge is 2.31. The number of nitriles is 1. The molecule has 7 heteroatoms. The third-order valence-corrected chi connectivity index (χ3v) is 2.82. The summed E-state index contributed by atoms with van der Waals surface area (Å²) < 4.78 is 40.2. The zero-order valence-corrected chi connectivity index (χ0v) is 11.6. The Morgan fingerprint density at radius 3 is 2.55 bits per heavy atom. The van der Waals surface area contributed by atoms with Crippen LogP contribution >= 0.6 is 11.6 Å². The van der Waals surface area contributed by atoms with E-state index in [1.54, 1.807) is 13.8 Å². The van der Waals surface area contributed by atoms with E-state index in [1.165, 1.54) is 17.0 Å². The maximum absolute atomic E-state index is 12.1. The van der Waals surface area contributed by atoms with Gasteiger partial charge in [0.25, 0.3) is 0 Å². The quantitative estimate of drug-likeness (QED) is 0.611. The van der Waals surface area contributed by atoms with Gasteiger partial charge in [-0.15, -0.1) is 13.2 Å². The van der Waals surface area contributed by atoms with Crippen molar-refractivity contribution in [3.8, 4) is 11.9 Å². The van der Waals surface area contributed by atoms with E-state index in [2.05, 4.69) is 4.74 Å². The van der Waals surface area contributed by atoms with Crippen molar-refractivity contribution in [2.75, 3.05) is 11.4 Å². The van der Waals surface area contributed by atoms with Gasteiger partial charge in [0.1, 0.15) is 5.75 Å². The SMILES string of the molecule is CC(C)=C(Cl)CN(C#N)c1cccc(OC(F)(F)F)c1. The third-order valence-electron chi connectivity index (χ3n) is 2.32. The summed E-state index contributed by atoms with van der Waals surface area (Å²) >= 11 is 5.96. The average Bonchev–Trinajstić information content (AvgIpc) is 2.33. The van der Waals surface area contributed by atoms with Crippen molar-refractivity contribution >= 4 is 17.3 Å². The van der Waals surface area contributed by atoms with Gasteiger partial charge in [-0.05, 0) is 26.0 Å². The second-order valence-electron chi connectivity index (χ2n) is 4.14. The maximum atomic E-state index is 12.1. The largest absolute Gasteiger partial charge is 0.573 e. The lowest BCUT2D eigenvalue weighted by molar-refractivity contribution is -0.274. The van der Waals surface area contributed by atoms with Crippen molar-refractivity contribution in [2.24, 2.45) is 0 Å². The summed E-state index contributed by atoms with van der Waals surface area (Å²) in [5.41, 5.74) is 1.10. The first-order valence-electron chi connectivity index (χ1n) is 5.58. The van der Waals surface area contributed by atoms with Gasteiger partial charge < -0.3 is 4.74 Å². The fourth-order valence-electron chi connectivity index (χ4n) is 1.33. The number of benzene rings is 1. The predicted octanol–water partition coefficient (Wildman–Crippen LogP) is 4.41. The minimum absolute atomic E-state index is 0.0931. The van der Waals surface area contributed by atoms with Crippen LogP contribution in [0.3, 0.4) is 0 Å². The van der Waals surface area contributed by atoms with Crippen LogP contribution in [0, 0.1) is 11.5 Å². The molecule has 0 bridgehead atoms. The average molecular weight is 305 g/mol. The molecule has 0 fully saturated rings. The molecule has 0 aliphatic rings. The summed E-state index contributed by atoms with van der Waals surface area (Å²) in [5.74, 6) is -0.386. The Balaban J connectivity index is 2.98. The zero-order valence-electron chi connectivity index (χ0n) is 10.8. The van der Waals surface area contributed by atoms with E-state index >= 15 is 0 Å². The van der Waals surface area contributed by atoms with Crippen molar-refractivity contribution in [3.63, 3.8) is 0 Å². The highest BCUT2D eigenvalue weighted by Crippen LogP contribution is 2.27. The van der Waals surface area contributed by atoms with E-state index in [-0.39, 0.29) is 18.0 Å². The van der Waals surface area contributed by atoms with Gasteiger partial charge in [-0.1, -0.05) is 23.2 Å². The Morgan fingerprint density at radius 2 is 2.05 bits per heavy atom. The summed E-state index contributed by atoms with van der Waals surface area (Å²) in [6, 6.07) is 5.17. The molecule has 0 heterocycles. The smallest absolute Gasteiger partial charge is 0.406 e. The van der Waals surface area contributed by atoms with E-state index in [0.717, 1.165) is 17.7 Å². The standard InChI is InChI=1S/C13H12ClF3N2O/c1-9(2)12(14)7-19(8-18)10-4-3-5-11(6-10)20-13(15,16)17/h3-6H,7H2,1-2H3. The summed E-state index contributed by atoms with van der Waals surface area (Å²) in [6.45, 7) is 3.65. The molecule has 1 aromatic carbocycles. The van der Waals surface area contributed by atoms with Crippen molar-refractivity contribution < 1.29 is 17.9 Å². The number of nitrogens with zero attached hydrogens (tertiary/aromatic N) is 2. The van der Waals surface area contributed by atoms with Crippen LogP contribution in [0.5, 0.6) is 5.75 Å². The number of hydrogen-bond donors (Lipinski definition) is 0. The van der Waals surface area contributed by atoms with Crippen molar-refractivity contribution in [1.29, 1.82) is 5.26 Å². The second-order valence-corrected chi connectivity index (χ2v) is 4.59. The van der Waals surface area contributed by atoms with Crippen LogP contribution in [0.15, 0.2) is 34.9 Å². The Morgan fingerprint density at radius 1 is 1.40 bits per heavy atom. The molecular formula is C13H12ClF3N2O. The van der Waals surface area contributed by atoms with Crippen molar-refractivity contribution in [3.05, 3.63) is 34.9 Å². The molecule has 20 heavy (non-hydrogen) atoms. The lowest BCUT2D eigenvalue weighted by Crippen LogP contribution is -2.20. The molecule has 0 radical (unpaired) electrons. The highest BCUT2D eigenvalue weighted by molar-refractivity contribution is 6.30. The lowest BCUT2D eigenvalue weighted by atomic mass is 10.2. The Kier molecular flexibility index (Phi) is 5.28. The first-order chi connectivity index (χ1) is 9.23. The Hall–Kier alpha value is -1.87. The fraction of sp³-hybridized carbons (Fsp3) is 0.308. The molecule has 3 nitrogen and oxygen atoms in total. The minimum atomic E-state index is -4.77. The molecule has 0 N–H and O–H groups in total. The van der Waals surface area contributed by atoms with Crippen LogP contribution in [0.25, 0.3) is 0 Å². The van der Waals surface area contributed by atoms with Gasteiger partial charge in [0.2, 0.25) is 0 Å². The summed E-state index contributed by atoms with van der Waals surface area (Å²) in [5, 5.41) is 9.52. The van der Waals surface area contributed by atoms with Crippen LogP contribution in [0.2, 0.25) is 0 Å². The molecule has 0 unspecified atom stereocenters. The van der Waals surface area contributed by atoms with Crippen molar-refractivity contribution in [2.45, 2.75) is 20.2 Å². The highest BCUT2D eigenvalue weighted by atomic mass is 35.5. The molecule has 0 aliphatic heterocycles. The van der Waals surface area contributed by atoms with Gasteiger partial charge in [-0.3, -0.25) is 4.90 Å². The monoisotopic (exact) mass is 304 g/mol. The first-order valence-corrected chi connectivity index (χ1v) is 5.95. The molecule has 0 saturated heterocycles. The van der Waals surface area contributed by atoms with E-state index in [1.807, 2.05) is 6.19 Å². The zero-order chi connectivity index (χ0) is 15.3. The Labute approximate surface area is 119 Å². The molecule has 1 aromatic rings. The topological polar surface area (TPSA) is 36.3 Å². The Bertz CT molecular complexity index is 545. The van der Waals surface area contributed by atoms with Crippen LogP contribution < -0.4 is 9.64 Å². The fourth-order valence-corrected chi connectivity index (χ4v) is 1.45. The molecule has 108 valence electrons. The number of ether oxygens (including phenoxy) is 1. The van der Waals surface area contributed by atoms with Crippen LogP contribution in [-0.2, 0) is 0 Å². The first kappa shape index (κ1) is 16.2. The van der Waals surface area contributed by atoms with Crippen LogP contribution in [-0.4, -0.2) is 12.9 Å². The van der Waals surface area contributed by atoms with Crippen LogP contribution in [0.1, 0.15) is 13.8 Å². The number of halogens is 4.